The third-order valence-corrected chi connectivity index (χ3v) is 2.48. The quantitative estimate of drug-likeness (QED) is 0.744. The Morgan fingerprint density at radius 1 is 1.44 bits per heavy atom. The molecule has 1 atom stereocenters. The maximum absolute atomic E-state index is 11.6. The van der Waals surface area contributed by atoms with Gasteiger partial charge in [0.25, 0.3) is 0 Å². The number of aryl methyl sites for hydroxylation is 1. The van der Waals surface area contributed by atoms with Crippen LogP contribution in [0.2, 0.25) is 0 Å². The highest BCUT2D eigenvalue weighted by atomic mass is 16.5. The molecule has 100 valence electrons. The number of benzene rings is 1. The fourth-order valence-electron chi connectivity index (χ4n) is 1.51. The lowest BCUT2D eigenvalue weighted by Crippen LogP contribution is -2.45. The zero-order valence-corrected chi connectivity index (χ0v) is 11.0. The summed E-state index contributed by atoms with van der Waals surface area (Å²) in [5.41, 5.74) is 0.662. The number of urea groups is 1. The van der Waals surface area contributed by atoms with Gasteiger partial charge < -0.3 is 20.5 Å². The summed E-state index contributed by atoms with van der Waals surface area (Å²) in [5.74, 6) is 0. The number of carbonyl (C=O) groups excluding carboxylic acids is 1. The molecule has 1 aromatic carbocycles. The van der Waals surface area contributed by atoms with E-state index in [0.29, 0.717) is 0 Å². The second-order valence-corrected chi connectivity index (χ2v) is 4.55. The van der Waals surface area contributed by atoms with E-state index in [0.717, 1.165) is 11.3 Å². The predicted molar refractivity (Wildman–Crippen MR) is 70.7 cm³/mol. The van der Waals surface area contributed by atoms with Gasteiger partial charge in [0, 0.05) is 12.8 Å². The Morgan fingerprint density at radius 2 is 2.11 bits per heavy atom. The summed E-state index contributed by atoms with van der Waals surface area (Å²) in [5, 5.41) is 15.1. The average molecular weight is 252 g/mol. The van der Waals surface area contributed by atoms with Crippen LogP contribution in [0.1, 0.15) is 12.5 Å². The third kappa shape index (κ3) is 4.73. The lowest BCUT2D eigenvalue weighted by molar-refractivity contribution is -0.0133. The number of hydrogen-bond donors (Lipinski definition) is 3. The van der Waals surface area contributed by atoms with Gasteiger partial charge in [-0.15, -0.1) is 0 Å². The number of rotatable bonds is 5. The van der Waals surface area contributed by atoms with E-state index >= 15 is 0 Å². The van der Waals surface area contributed by atoms with E-state index in [1.54, 1.807) is 6.92 Å². The van der Waals surface area contributed by atoms with Crippen molar-refractivity contribution in [3.63, 3.8) is 0 Å². The molecule has 18 heavy (non-hydrogen) atoms. The van der Waals surface area contributed by atoms with Crippen LogP contribution in [0.15, 0.2) is 24.3 Å². The molecule has 0 spiro atoms. The molecule has 5 nitrogen and oxygen atoms in total. The Morgan fingerprint density at radius 3 is 2.72 bits per heavy atom. The van der Waals surface area contributed by atoms with Gasteiger partial charge in [-0.3, -0.25) is 0 Å². The number of amides is 2. The molecule has 0 bridgehead atoms. The fraction of sp³-hybridized carbons (Fsp3) is 0.462. The van der Waals surface area contributed by atoms with E-state index in [9.17, 15) is 9.90 Å². The Kier molecular flexibility index (Phi) is 5.12. The summed E-state index contributed by atoms with van der Waals surface area (Å²) in [6.07, 6.45) is 0. The third-order valence-electron chi connectivity index (χ3n) is 2.48. The summed E-state index contributed by atoms with van der Waals surface area (Å²) in [7, 11) is 1.50. The molecule has 0 saturated carbocycles. The number of hydrogen-bond acceptors (Lipinski definition) is 3. The van der Waals surface area contributed by atoms with Crippen LogP contribution in [0.25, 0.3) is 0 Å². The molecule has 0 aliphatic carbocycles. The van der Waals surface area contributed by atoms with Crippen molar-refractivity contribution in [1.82, 2.24) is 5.32 Å². The van der Waals surface area contributed by atoms with Gasteiger partial charge in [0.15, 0.2) is 0 Å². The molecule has 5 heteroatoms. The smallest absolute Gasteiger partial charge is 0.319 e. The summed E-state index contributed by atoms with van der Waals surface area (Å²) in [6.45, 7) is 3.80. The molecule has 1 unspecified atom stereocenters. The highest BCUT2D eigenvalue weighted by Crippen LogP contribution is 2.12. The first-order valence-electron chi connectivity index (χ1n) is 5.76. The normalized spacial score (nSPS) is 13.8. The molecule has 0 aliphatic heterocycles. The van der Waals surface area contributed by atoms with Crippen molar-refractivity contribution in [1.29, 1.82) is 0 Å². The van der Waals surface area contributed by atoms with E-state index in [1.807, 2.05) is 31.2 Å². The molecule has 1 rings (SSSR count). The molecule has 0 aromatic heterocycles. The minimum absolute atomic E-state index is 0.124. The van der Waals surface area contributed by atoms with Crippen LogP contribution in [0.3, 0.4) is 0 Å². The molecule has 0 heterocycles. The summed E-state index contributed by atoms with van der Waals surface area (Å²) >= 11 is 0. The van der Waals surface area contributed by atoms with Gasteiger partial charge >= 0.3 is 6.03 Å². The number of para-hydroxylation sites is 1. The number of carbonyl (C=O) groups is 1. The van der Waals surface area contributed by atoms with Crippen molar-refractivity contribution in [2.24, 2.45) is 0 Å². The van der Waals surface area contributed by atoms with Gasteiger partial charge in [0.05, 0.1) is 13.2 Å². The topological polar surface area (TPSA) is 70.6 Å². The van der Waals surface area contributed by atoms with Crippen molar-refractivity contribution in [3.05, 3.63) is 29.8 Å². The zero-order valence-electron chi connectivity index (χ0n) is 11.0. The number of ether oxygens (including phenoxy) is 1. The maximum atomic E-state index is 11.6. The molecule has 0 aliphatic rings. The van der Waals surface area contributed by atoms with Crippen molar-refractivity contribution in [2.45, 2.75) is 19.4 Å². The first-order chi connectivity index (χ1) is 8.44. The van der Waals surface area contributed by atoms with Crippen LogP contribution in [-0.2, 0) is 4.74 Å². The number of aliphatic hydroxyl groups is 1. The van der Waals surface area contributed by atoms with Gasteiger partial charge in [0.1, 0.15) is 5.60 Å². The number of nitrogens with one attached hydrogen (secondary N) is 2. The van der Waals surface area contributed by atoms with Crippen molar-refractivity contribution in [2.75, 3.05) is 25.6 Å². The van der Waals surface area contributed by atoms with E-state index in [-0.39, 0.29) is 19.2 Å². The van der Waals surface area contributed by atoms with Crippen molar-refractivity contribution in [3.8, 4) is 0 Å². The highest BCUT2D eigenvalue weighted by Gasteiger charge is 2.20. The molecule has 0 saturated heterocycles. The van der Waals surface area contributed by atoms with Crippen LogP contribution in [-0.4, -0.2) is 37.0 Å². The fourth-order valence-corrected chi connectivity index (χ4v) is 1.51. The van der Waals surface area contributed by atoms with Crippen molar-refractivity contribution < 1.29 is 14.6 Å². The Balaban J connectivity index is 2.46. The number of anilines is 1. The van der Waals surface area contributed by atoms with Crippen LogP contribution in [0.4, 0.5) is 10.5 Å². The predicted octanol–water partition coefficient (Wildman–Crippen LogP) is 1.51. The first kappa shape index (κ1) is 14.5. The second kappa shape index (κ2) is 6.37. The lowest BCUT2D eigenvalue weighted by atomic mass is 10.1. The highest BCUT2D eigenvalue weighted by molar-refractivity contribution is 5.90. The maximum Gasteiger partial charge on any atom is 0.319 e. The summed E-state index contributed by atoms with van der Waals surface area (Å²) < 4.78 is 4.85. The van der Waals surface area contributed by atoms with Gasteiger partial charge in [0.2, 0.25) is 0 Å². The molecule has 2 amide bonds. The summed E-state index contributed by atoms with van der Waals surface area (Å²) in [4.78, 5) is 11.6. The monoisotopic (exact) mass is 252 g/mol. The number of methoxy groups -OCH3 is 1. The molecular formula is C13H20N2O3. The Bertz CT molecular complexity index is 405. The minimum Gasteiger partial charge on any atom is -0.386 e. The molecule has 1 aromatic rings. The van der Waals surface area contributed by atoms with Gasteiger partial charge in [-0.2, -0.15) is 0 Å². The molecule has 3 N–H and O–H groups in total. The second-order valence-electron chi connectivity index (χ2n) is 4.55. The largest absolute Gasteiger partial charge is 0.386 e. The average Bonchev–Trinajstić information content (AvgIpc) is 2.30. The molecule has 0 fully saturated rings. The van der Waals surface area contributed by atoms with Crippen LogP contribution in [0, 0.1) is 6.92 Å². The first-order valence-corrected chi connectivity index (χ1v) is 5.76. The van der Waals surface area contributed by atoms with Gasteiger partial charge in [-0.05, 0) is 25.5 Å². The lowest BCUT2D eigenvalue weighted by Gasteiger charge is -2.22. The standard InChI is InChI=1S/C13H20N2O3/c1-10-6-4-5-7-11(10)15-12(16)14-8-13(2,17)9-18-3/h4-7,17H,8-9H2,1-3H3,(H2,14,15,16). The van der Waals surface area contributed by atoms with Crippen LogP contribution >= 0.6 is 0 Å². The van der Waals surface area contributed by atoms with E-state index in [1.165, 1.54) is 7.11 Å². The van der Waals surface area contributed by atoms with E-state index < -0.39 is 5.60 Å². The molecular weight excluding hydrogens is 232 g/mol. The summed E-state index contributed by atoms with van der Waals surface area (Å²) in [6, 6.07) is 7.14. The van der Waals surface area contributed by atoms with E-state index in [2.05, 4.69) is 10.6 Å². The van der Waals surface area contributed by atoms with Crippen molar-refractivity contribution >= 4 is 11.7 Å². The SMILES string of the molecule is COCC(C)(O)CNC(=O)Nc1ccccc1C. The van der Waals surface area contributed by atoms with Gasteiger partial charge in [-0.25, -0.2) is 4.79 Å². The Labute approximate surface area is 107 Å². The molecule has 0 radical (unpaired) electrons. The Hall–Kier alpha value is -1.59. The van der Waals surface area contributed by atoms with Crippen LogP contribution < -0.4 is 10.6 Å². The zero-order chi connectivity index (χ0) is 13.6. The van der Waals surface area contributed by atoms with Gasteiger partial charge in [-0.1, -0.05) is 18.2 Å². The minimum atomic E-state index is -1.07. The van der Waals surface area contributed by atoms with E-state index in [4.69, 9.17) is 4.74 Å². The van der Waals surface area contributed by atoms with Crippen LogP contribution in [0.5, 0.6) is 0 Å².